The van der Waals surface area contributed by atoms with Gasteiger partial charge >= 0.3 is 0 Å². The molecule has 4 rings (SSSR count). The highest BCUT2D eigenvalue weighted by Gasteiger charge is 2.17. The minimum Gasteiger partial charge on any atom is -0.493 e. The number of rotatable bonds is 4. The van der Waals surface area contributed by atoms with Gasteiger partial charge in [0.25, 0.3) is 5.91 Å². The van der Waals surface area contributed by atoms with Crippen molar-refractivity contribution in [3.63, 3.8) is 0 Å². The quantitative estimate of drug-likeness (QED) is 0.668. The second-order valence-corrected chi connectivity index (χ2v) is 7.52. The van der Waals surface area contributed by atoms with Crippen LogP contribution in [0.3, 0.4) is 0 Å². The zero-order valence-electron chi connectivity index (χ0n) is 15.3. The summed E-state index contributed by atoms with van der Waals surface area (Å²) in [6.07, 6.45) is 1.04. The number of benzene rings is 2. The van der Waals surface area contributed by atoms with Crippen LogP contribution < -0.4 is 15.6 Å². The first-order valence-corrected chi connectivity index (χ1v) is 9.78. The van der Waals surface area contributed by atoms with E-state index in [0.29, 0.717) is 17.2 Å². The monoisotopic (exact) mass is 393 g/mol. The molecule has 0 bridgehead atoms. The largest absolute Gasteiger partial charge is 0.493 e. The Balaban J connectivity index is 1.36. The fourth-order valence-electron chi connectivity index (χ4n) is 3.07. The van der Waals surface area contributed by atoms with Gasteiger partial charge < -0.3 is 4.74 Å². The van der Waals surface area contributed by atoms with Crippen LogP contribution >= 0.6 is 11.3 Å². The number of hydrogen-bond donors (Lipinski definition) is 2. The molecular formula is C21H19N3O3S. The average molecular weight is 393 g/mol. The minimum atomic E-state index is -0.368. The van der Waals surface area contributed by atoms with E-state index in [1.165, 1.54) is 11.3 Å². The zero-order chi connectivity index (χ0) is 19.5. The molecule has 2 heterocycles. The SMILES string of the molecule is Cc1nc(-c2ccccc2)sc1C(=O)NNC(=O)Cc1ccc2c(c1)CCO2. The third kappa shape index (κ3) is 3.89. The van der Waals surface area contributed by atoms with Crippen LogP contribution in [0.1, 0.15) is 26.5 Å². The van der Waals surface area contributed by atoms with Crippen LogP contribution in [0.15, 0.2) is 48.5 Å². The van der Waals surface area contributed by atoms with E-state index in [-0.39, 0.29) is 18.2 Å². The summed E-state index contributed by atoms with van der Waals surface area (Å²) >= 11 is 1.30. The highest BCUT2D eigenvalue weighted by Crippen LogP contribution is 2.28. The van der Waals surface area contributed by atoms with Crippen LogP contribution in [-0.4, -0.2) is 23.4 Å². The summed E-state index contributed by atoms with van der Waals surface area (Å²) in [5.74, 6) is 0.234. The lowest BCUT2D eigenvalue weighted by Crippen LogP contribution is -2.42. The van der Waals surface area contributed by atoms with Gasteiger partial charge in [0.2, 0.25) is 5.91 Å². The highest BCUT2D eigenvalue weighted by molar-refractivity contribution is 7.17. The number of aryl methyl sites for hydroxylation is 1. The molecular weight excluding hydrogens is 374 g/mol. The molecule has 0 atom stereocenters. The maximum absolute atomic E-state index is 12.4. The van der Waals surface area contributed by atoms with Gasteiger partial charge in [0.05, 0.1) is 18.7 Å². The summed E-state index contributed by atoms with van der Waals surface area (Å²) in [5.41, 5.74) is 8.56. The van der Waals surface area contributed by atoms with Crippen molar-refractivity contribution in [2.45, 2.75) is 19.8 Å². The number of nitrogens with one attached hydrogen (secondary N) is 2. The zero-order valence-corrected chi connectivity index (χ0v) is 16.1. The van der Waals surface area contributed by atoms with E-state index < -0.39 is 0 Å². The Labute approximate surface area is 166 Å². The van der Waals surface area contributed by atoms with E-state index in [4.69, 9.17) is 4.74 Å². The number of nitrogens with zero attached hydrogens (tertiary/aromatic N) is 1. The van der Waals surface area contributed by atoms with Crippen molar-refractivity contribution in [1.82, 2.24) is 15.8 Å². The van der Waals surface area contributed by atoms with Crippen molar-refractivity contribution < 1.29 is 14.3 Å². The van der Waals surface area contributed by atoms with Crippen LogP contribution in [0.5, 0.6) is 5.75 Å². The van der Waals surface area contributed by atoms with Crippen LogP contribution in [0, 0.1) is 6.92 Å². The van der Waals surface area contributed by atoms with E-state index in [1.54, 1.807) is 6.92 Å². The lowest BCUT2D eigenvalue weighted by molar-refractivity contribution is -0.121. The van der Waals surface area contributed by atoms with Gasteiger partial charge in [-0.1, -0.05) is 42.5 Å². The first kappa shape index (κ1) is 18.2. The number of thiazole rings is 1. The molecule has 142 valence electrons. The summed E-state index contributed by atoms with van der Waals surface area (Å²) in [6.45, 7) is 2.46. The number of hydrogen-bond acceptors (Lipinski definition) is 5. The number of ether oxygens (including phenoxy) is 1. The van der Waals surface area contributed by atoms with E-state index in [2.05, 4.69) is 15.8 Å². The van der Waals surface area contributed by atoms with Gasteiger partial charge in [-0.2, -0.15) is 0 Å². The second-order valence-electron chi connectivity index (χ2n) is 6.52. The molecule has 3 aromatic rings. The van der Waals surface area contributed by atoms with Crippen LogP contribution in [0.25, 0.3) is 10.6 Å². The summed E-state index contributed by atoms with van der Waals surface area (Å²) in [6, 6.07) is 15.4. The highest BCUT2D eigenvalue weighted by atomic mass is 32.1. The first-order chi connectivity index (χ1) is 13.6. The molecule has 7 heteroatoms. The fourth-order valence-corrected chi connectivity index (χ4v) is 4.04. The van der Waals surface area contributed by atoms with Crippen LogP contribution in [-0.2, 0) is 17.6 Å². The maximum Gasteiger partial charge on any atom is 0.281 e. The molecule has 2 aromatic carbocycles. The Kier molecular flexibility index (Phi) is 5.08. The molecule has 28 heavy (non-hydrogen) atoms. The van der Waals surface area contributed by atoms with Gasteiger partial charge in [-0.15, -0.1) is 11.3 Å². The summed E-state index contributed by atoms with van der Waals surface area (Å²) in [7, 11) is 0. The molecule has 2 N–H and O–H groups in total. The lowest BCUT2D eigenvalue weighted by atomic mass is 10.1. The van der Waals surface area contributed by atoms with Gasteiger partial charge in [0.15, 0.2) is 0 Å². The fraction of sp³-hybridized carbons (Fsp3) is 0.190. The number of fused-ring (bicyclic) bond motifs is 1. The van der Waals surface area contributed by atoms with Crippen molar-refractivity contribution in [2.24, 2.45) is 0 Å². The van der Waals surface area contributed by atoms with Gasteiger partial charge in [0, 0.05) is 12.0 Å². The van der Waals surface area contributed by atoms with Crippen molar-refractivity contribution in [1.29, 1.82) is 0 Å². The molecule has 1 aliphatic heterocycles. The Morgan fingerprint density at radius 2 is 1.96 bits per heavy atom. The lowest BCUT2D eigenvalue weighted by Gasteiger charge is -2.07. The molecule has 0 aliphatic carbocycles. The molecule has 0 saturated carbocycles. The van der Waals surface area contributed by atoms with Crippen molar-refractivity contribution in [3.8, 4) is 16.3 Å². The maximum atomic E-state index is 12.4. The number of hydrazine groups is 1. The number of amides is 2. The average Bonchev–Trinajstić information content (AvgIpc) is 3.33. The third-order valence-corrected chi connectivity index (χ3v) is 5.66. The molecule has 0 unspecified atom stereocenters. The van der Waals surface area contributed by atoms with Crippen LogP contribution in [0.4, 0.5) is 0 Å². The van der Waals surface area contributed by atoms with Gasteiger partial charge in [-0.25, -0.2) is 4.98 Å². The summed E-state index contributed by atoms with van der Waals surface area (Å²) in [4.78, 5) is 29.6. The number of aromatic nitrogens is 1. The Hall–Kier alpha value is -3.19. The topological polar surface area (TPSA) is 80.3 Å². The second kappa shape index (κ2) is 7.82. The Bertz CT molecular complexity index is 1030. The van der Waals surface area contributed by atoms with E-state index in [1.807, 2.05) is 48.5 Å². The van der Waals surface area contributed by atoms with E-state index in [9.17, 15) is 9.59 Å². The van der Waals surface area contributed by atoms with Gasteiger partial charge in [-0.3, -0.25) is 20.4 Å². The molecule has 0 fully saturated rings. The van der Waals surface area contributed by atoms with Crippen molar-refractivity contribution in [3.05, 3.63) is 70.2 Å². The standard InChI is InChI=1S/C21H19N3O3S/c1-13-19(28-21(22-13)15-5-3-2-4-6-15)20(26)24-23-18(25)12-14-7-8-17-16(11-14)9-10-27-17/h2-8,11H,9-10,12H2,1H3,(H,23,25)(H,24,26). The summed E-state index contributed by atoms with van der Waals surface area (Å²) in [5, 5.41) is 0.773. The predicted octanol–water partition coefficient (Wildman–Crippen LogP) is 3.06. The van der Waals surface area contributed by atoms with E-state index >= 15 is 0 Å². The molecule has 0 spiro atoms. The Morgan fingerprint density at radius 1 is 1.14 bits per heavy atom. The molecule has 2 amide bonds. The molecule has 1 aromatic heterocycles. The van der Waals surface area contributed by atoms with Crippen molar-refractivity contribution >= 4 is 23.2 Å². The smallest absolute Gasteiger partial charge is 0.281 e. The predicted molar refractivity (Wildman–Crippen MR) is 107 cm³/mol. The van der Waals surface area contributed by atoms with E-state index in [0.717, 1.165) is 33.9 Å². The molecule has 1 aliphatic rings. The normalized spacial score (nSPS) is 12.2. The van der Waals surface area contributed by atoms with Crippen molar-refractivity contribution in [2.75, 3.05) is 6.61 Å². The Morgan fingerprint density at radius 3 is 2.79 bits per heavy atom. The molecule has 0 radical (unpaired) electrons. The minimum absolute atomic E-state index is 0.185. The number of carbonyl (C=O) groups excluding carboxylic acids is 2. The van der Waals surface area contributed by atoms with Crippen LogP contribution in [0.2, 0.25) is 0 Å². The van der Waals surface area contributed by atoms with Gasteiger partial charge in [-0.05, 0) is 24.1 Å². The molecule has 0 saturated heterocycles. The summed E-state index contributed by atoms with van der Waals surface area (Å²) < 4.78 is 5.47. The first-order valence-electron chi connectivity index (χ1n) is 8.97. The number of carbonyl (C=O) groups is 2. The third-order valence-electron chi connectivity index (χ3n) is 4.46. The van der Waals surface area contributed by atoms with Gasteiger partial charge in [0.1, 0.15) is 15.6 Å². The molecule has 6 nitrogen and oxygen atoms in total.